The third-order valence-corrected chi connectivity index (χ3v) is 2.75. The van der Waals surface area contributed by atoms with Crippen molar-refractivity contribution in [1.29, 1.82) is 0 Å². The summed E-state index contributed by atoms with van der Waals surface area (Å²) in [7, 11) is 0. The van der Waals surface area contributed by atoms with E-state index in [2.05, 4.69) is 0 Å². The molecule has 0 aliphatic carbocycles. The Morgan fingerprint density at radius 1 is 1.28 bits per heavy atom. The first-order chi connectivity index (χ1) is 8.56. The number of nitrogens with two attached hydrogens (primary N) is 1. The van der Waals surface area contributed by atoms with Gasteiger partial charge >= 0.3 is 0 Å². The van der Waals surface area contributed by atoms with Gasteiger partial charge in [-0.25, -0.2) is 8.78 Å². The first kappa shape index (κ1) is 12.8. The number of rotatable bonds is 4. The van der Waals surface area contributed by atoms with E-state index in [-0.39, 0.29) is 6.04 Å². The van der Waals surface area contributed by atoms with Crippen LogP contribution in [0, 0.1) is 11.6 Å². The lowest BCUT2D eigenvalue weighted by Crippen LogP contribution is -2.17. The van der Waals surface area contributed by atoms with Crippen LogP contribution in [0.1, 0.15) is 18.1 Å². The van der Waals surface area contributed by atoms with Crippen LogP contribution >= 0.6 is 0 Å². The third kappa shape index (κ3) is 2.96. The summed E-state index contributed by atoms with van der Waals surface area (Å²) in [5, 5.41) is 0. The predicted molar refractivity (Wildman–Crippen MR) is 67.2 cm³/mol. The van der Waals surface area contributed by atoms with E-state index in [1.165, 1.54) is 6.07 Å². The highest BCUT2D eigenvalue weighted by molar-refractivity contribution is 5.21. The van der Waals surface area contributed by atoms with Gasteiger partial charge in [-0.1, -0.05) is 12.1 Å². The van der Waals surface area contributed by atoms with Crippen LogP contribution in [-0.2, 0) is 13.0 Å². The molecule has 0 spiro atoms. The van der Waals surface area contributed by atoms with E-state index < -0.39 is 11.6 Å². The third-order valence-electron chi connectivity index (χ3n) is 2.75. The predicted octanol–water partition coefficient (Wildman–Crippen LogP) is 2.70. The molecule has 0 saturated carbocycles. The van der Waals surface area contributed by atoms with Gasteiger partial charge in [0.05, 0.1) is 0 Å². The van der Waals surface area contributed by atoms with E-state index in [9.17, 15) is 8.78 Å². The Morgan fingerprint density at radius 2 is 2.06 bits per heavy atom. The monoisotopic (exact) mass is 250 g/mol. The zero-order chi connectivity index (χ0) is 13.1. The van der Waals surface area contributed by atoms with Crippen molar-refractivity contribution in [2.24, 2.45) is 5.73 Å². The van der Waals surface area contributed by atoms with Gasteiger partial charge < -0.3 is 10.3 Å². The summed E-state index contributed by atoms with van der Waals surface area (Å²) in [6.07, 6.45) is 4.54. The molecule has 1 aromatic heterocycles. The molecule has 0 amide bonds. The van der Waals surface area contributed by atoms with Crippen molar-refractivity contribution in [2.45, 2.75) is 25.9 Å². The van der Waals surface area contributed by atoms with Gasteiger partial charge in [0.1, 0.15) is 0 Å². The van der Waals surface area contributed by atoms with Crippen LogP contribution in [0.25, 0.3) is 0 Å². The number of nitrogens with zero attached hydrogens (tertiary/aromatic N) is 1. The molecular weight excluding hydrogens is 234 g/mol. The van der Waals surface area contributed by atoms with E-state index >= 15 is 0 Å². The van der Waals surface area contributed by atoms with E-state index in [4.69, 9.17) is 5.73 Å². The molecule has 1 aromatic carbocycles. The highest BCUT2D eigenvalue weighted by atomic mass is 19.2. The second-order valence-electron chi connectivity index (χ2n) is 4.59. The zero-order valence-electron chi connectivity index (χ0n) is 10.2. The van der Waals surface area contributed by atoms with Crippen molar-refractivity contribution in [1.82, 2.24) is 4.57 Å². The van der Waals surface area contributed by atoms with Crippen LogP contribution in [-0.4, -0.2) is 10.6 Å². The Hall–Kier alpha value is -1.68. The molecule has 0 aliphatic rings. The summed E-state index contributed by atoms with van der Waals surface area (Å²) in [5.74, 6) is -1.59. The van der Waals surface area contributed by atoms with Crippen LogP contribution < -0.4 is 5.73 Å². The number of benzene rings is 1. The first-order valence-corrected chi connectivity index (χ1v) is 5.89. The Bertz CT molecular complexity index is 532. The highest BCUT2D eigenvalue weighted by Crippen LogP contribution is 2.14. The van der Waals surface area contributed by atoms with E-state index in [1.807, 2.05) is 30.0 Å². The van der Waals surface area contributed by atoms with Crippen LogP contribution in [0.4, 0.5) is 8.78 Å². The largest absolute Gasteiger partial charge is 0.350 e. The van der Waals surface area contributed by atoms with Gasteiger partial charge in [0.15, 0.2) is 11.6 Å². The minimum Gasteiger partial charge on any atom is -0.350 e. The number of halogens is 2. The number of aromatic nitrogens is 1. The Labute approximate surface area is 105 Å². The van der Waals surface area contributed by atoms with Crippen LogP contribution in [0.15, 0.2) is 36.7 Å². The van der Waals surface area contributed by atoms with Crippen LogP contribution in [0.5, 0.6) is 0 Å². The molecular formula is C14H16F2N2. The molecule has 4 heteroatoms. The van der Waals surface area contributed by atoms with Crippen molar-refractivity contribution in [3.63, 3.8) is 0 Å². The average molecular weight is 250 g/mol. The van der Waals surface area contributed by atoms with Crippen molar-refractivity contribution >= 4 is 0 Å². The zero-order valence-corrected chi connectivity index (χ0v) is 10.2. The normalized spacial score (nSPS) is 12.7. The quantitative estimate of drug-likeness (QED) is 0.888. The van der Waals surface area contributed by atoms with Crippen LogP contribution in [0.3, 0.4) is 0 Å². The number of hydrogen-bond donors (Lipinski definition) is 1. The molecule has 0 fully saturated rings. The molecule has 0 bridgehead atoms. The average Bonchev–Trinajstić information content (AvgIpc) is 2.71. The van der Waals surface area contributed by atoms with Gasteiger partial charge in [0, 0.05) is 30.5 Å². The molecule has 0 aliphatic heterocycles. The molecule has 0 saturated heterocycles. The second kappa shape index (κ2) is 5.31. The molecule has 18 heavy (non-hydrogen) atoms. The molecule has 2 aromatic rings. The highest BCUT2D eigenvalue weighted by Gasteiger charge is 2.08. The molecule has 96 valence electrons. The Kier molecular flexibility index (Phi) is 3.77. The smallest absolute Gasteiger partial charge is 0.163 e. The molecule has 2 nitrogen and oxygen atoms in total. The van der Waals surface area contributed by atoms with E-state index in [1.54, 1.807) is 6.07 Å². The molecule has 1 heterocycles. The van der Waals surface area contributed by atoms with E-state index in [0.29, 0.717) is 12.1 Å². The standard InChI is InChI=1S/C14H16F2N2/c1-10(17)7-11-5-6-18(8-11)9-12-3-2-4-13(15)14(12)16/h2-6,8,10H,7,9,17H2,1H3. The Balaban J connectivity index is 2.14. The maximum absolute atomic E-state index is 13.5. The lowest BCUT2D eigenvalue weighted by molar-refractivity contribution is 0.495. The summed E-state index contributed by atoms with van der Waals surface area (Å²) < 4.78 is 28.4. The maximum Gasteiger partial charge on any atom is 0.163 e. The molecule has 1 atom stereocenters. The van der Waals surface area contributed by atoms with Gasteiger partial charge in [-0.05, 0) is 31.0 Å². The SMILES string of the molecule is CC(N)Cc1ccn(Cc2cccc(F)c2F)c1. The minimum absolute atomic E-state index is 0.0896. The van der Waals surface area contributed by atoms with E-state index in [0.717, 1.165) is 18.1 Å². The van der Waals surface area contributed by atoms with Gasteiger partial charge in [-0.2, -0.15) is 0 Å². The fourth-order valence-electron chi connectivity index (χ4n) is 1.95. The molecule has 2 rings (SSSR count). The summed E-state index contributed by atoms with van der Waals surface area (Å²) in [5.41, 5.74) is 7.16. The summed E-state index contributed by atoms with van der Waals surface area (Å²) >= 11 is 0. The summed E-state index contributed by atoms with van der Waals surface area (Å²) in [6, 6.07) is 6.26. The molecule has 0 radical (unpaired) electrons. The van der Waals surface area contributed by atoms with Crippen molar-refractivity contribution in [3.05, 3.63) is 59.4 Å². The first-order valence-electron chi connectivity index (χ1n) is 5.89. The molecule has 2 N–H and O–H groups in total. The fraction of sp³-hybridized carbons (Fsp3) is 0.286. The summed E-state index contributed by atoms with van der Waals surface area (Å²) in [4.78, 5) is 0. The van der Waals surface area contributed by atoms with Crippen molar-refractivity contribution in [2.75, 3.05) is 0 Å². The van der Waals surface area contributed by atoms with Crippen molar-refractivity contribution < 1.29 is 8.78 Å². The van der Waals surface area contributed by atoms with Crippen LogP contribution in [0.2, 0.25) is 0 Å². The lowest BCUT2D eigenvalue weighted by Gasteiger charge is -2.05. The molecule has 1 unspecified atom stereocenters. The summed E-state index contributed by atoms with van der Waals surface area (Å²) in [6.45, 7) is 2.26. The maximum atomic E-state index is 13.5. The van der Waals surface area contributed by atoms with Gasteiger partial charge in [-0.3, -0.25) is 0 Å². The van der Waals surface area contributed by atoms with Gasteiger partial charge in [0.2, 0.25) is 0 Å². The fourth-order valence-corrected chi connectivity index (χ4v) is 1.95. The minimum atomic E-state index is -0.810. The Morgan fingerprint density at radius 3 is 2.78 bits per heavy atom. The number of hydrogen-bond acceptors (Lipinski definition) is 1. The van der Waals surface area contributed by atoms with Crippen molar-refractivity contribution in [3.8, 4) is 0 Å². The van der Waals surface area contributed by atoms with Gasteiger partial charge in [0.25, 0.3) is 0 Å². The topological polar surface area (TPSA) is 30.9 Å². The van der Waals surface area contributed by atoms with Gasteiger partial charge in [-0.15, -0.1) is 0 Å². The second-order valence-corrected chi connectivity index (χ2v) is 4.59. The lowest BCUT2D eigenvalue weighted by atomic mass is 10.1.